The average molecular weight is 503 g/mol. The number of ether oxygens (including phenoxy) is 1. The summed E-state index contributed by atoms with van der Waals surface area (Å²) in [6.07, 6.45) is 0. The smallest absolute Gasteiger partial charge is 0.339 e. The zero-order valence-electron chi connectivity index (χ0n) is 18.8. The van der Waals surface area contributed by atoms with Crippen molar-refractivity contribution in [2.24, 2.45) is 0 Å². The van der Waals surface area contributed by atoms with Crippen LogP contribution in [0, 0.1) is 17.0 Å². The van der Waals surface area contributed by atoms with Crippen molar-refractivity contribution in [1.29, 1.82) is 0 Å². The van der Waals surface area contributed by atoms with E-state index in [0.717, 1.165) is 5.56 Å². The van der Waals surface area contributed by atoms with E-state index < -0.39 is 15.0 Å². The van der Waals surface area contributed by atoms with Crippen LogP contribution in [-0.2, 0) is 10.1 Å². The lowest BCUT2D eigenvalue weighted by Gasteiger charge is -2.12. The highest BCUT2D eigenvalue weighted by molar-refractivity contribution is 7.87. The summed E-state index contributed by atoms with van der Waals surface area (Å²) < 4.78 is 37.2. The minimum atomic E-state index is -4.19. The number of nitro benzene ring substituents is 1. The molecule has 1 heterocycles. The molecule has 0 fully saturated rings. The number of aryl methyl sites for hydroxylation is 1. The molecule has 36 heavy (non-hydrogen) atoms. The van der Waals surface area contributed by atoms with Crippen molar-refractivity contribution in [3.05, 3.63) is 107 Å². The van der Waals surface area contributed by atoms with Crippen LogP contribution in [0.4, 0.5) is 5.69 Å². The molecule has 0 aliphatic carbocycles. The Morgan fingerprint density at radius 3 is 2.00 bits per heavy atom. The van der Waals surface area contributed by atoms with E-state index in [0.29, 0.717) is 28.2 Å². The predicted molar refractivity (Wildman–Crippen MR) is 131 cm³/mol. The van der Waals surface area contributed by atoms with E-state index in [1.807, 2.05) is 31.2 Å². The van der Waals surface area contributed by atoms with Crippen LogP contribution >= 0.6 is 0 Å². The molecule has 0 aliphatic heterocycles. The molecule has 0 N–H and O–H groups in total. The Bertz CT molecular complexity index is 1650. The van der Waals surface area contributed by atoms with Crippen molar-refractivity contribution in [3.8, 4) is 22.9 Å². The highest BCUT2D eigenvalue weighted by Crippen LogP contribution is 2.29. The van der Waals surface area contributed by atoms with Gasteiger partial charge in [0.1, 0.15) is 33.1 Å². The Morgan fingerprint density at radius 1 is 0.833 bits per heavy atom. The third-order valence-electron chi connectivity index (χ3n) is 5.21. The maximum atomic E-state index is 13.0. The second-order valence-electron chi connectivity index (χ2n) is 7.81. The third kappa shape index (κ3) is 4.72. The zero-order valence-corrected chi connectivity index (χ0v) is 19.6. The van der Waals surface area contributed by atoms with Crippen LogP contribution in [0.2, 0.25) is 0 Å². The Hall–Kier alpha value is -4.77. The van der Waals surface area contributed by atoms with E-state index in [-0.39, 0.29) is 16.3 Å². The van der Waals surface area contributed by atoms with Crippen molar-refractivity contribution in [3.63, 3.8) is 0 Å². The first kappa shape index (κ1) is 23.0. The number of benzene rings is 4. The number of fused-ring (bicyclic) bond motifs is 1. The molecule has 10 nitrogen and oxygen atoms in total. The summed E-state index contributed by atoms with van der Waals surface area (Å²) >= 11 is 0. The Morgan fingerprint density at radius 2 is 1.42 bits per heavy atom. The summed E-state index contributed by atoms with van der Waals surface area (Å²) in [5.74, 6) is 0.800. The lowest BCUT2D eigenvalue weighted by Crippen LogP contribution is -2.12. The molecule has 11 heteroatoms. The highest BCUT2D eigenvalue weighted by Gasteiger charge is 2.21. The van der Waals surface area contributed by atoms with Gasteiger partial charge in [0.15, 0.2) is 5.75 Å². The Kier molecular flexibility index (Phi) is 5.82. The number of aromatic nitrogens is 3. The molecule has 0 saturated carbocycles. The predicted octanol–water partition coefficient (Wildman–Crippen LogP) is 5.20. The normalized spacial score (nSPS) is 11.4. The average Bonchev–Trinajstić information content (AvgIpc) is 3.30. The fourth-order valence-electron chi connectivity index (χ4n) is 3.43. The molecule has 1 aromatic heterocycles. The molecule has 180 valence electrons. The van der Waals surface area contributed by atoms with Gasteiger partial charge in [0, 0.05) is 12.1 Å². The number of non-ortho nitro benzene ring substituents is 1. The van der Waals surface area contributed by atoms with Crippen LogP contribution < -0.4 is 8.92 Å². The molecule has 5 aromatic rings. The third-order valence-corrected chi connectivity index (χ3v) is 6.46. The summed E-state index contributed by atoms with van der Waals surface area (Å²) in [6, 6.07) is 23.5. The van der Waals surface area contributed by atoms with Crippen molar-refractivity contribution >= 4 is 26.8 Å². The molecule has 0 unspecified atom stereocenters. The fourth-order valence-corrected chi connectivity index (χ4v) is 4.38. The maximum absolute atomic E-state index is 13.0. The van der Waals surface area contributed by atoms with E-state index in [1.54, 1.807) is 18.2 Å². The molecule has 0 saturated heterocycles. The van der Waals surface area contributed by atoms with E-state index in [2.05, 4.69) is 10.2 Å². The van der Waals surface area contributed by atoms with E-state index in [4.69, 9.17) is 8.92 Å². The molecular weight excluding hydrogens is 484 g/mol. The van der Waals surface area contributed by atoms with Gasteiger partial charge >= 0.3 is 10.1 Å². The SMILES string of the molecule is Cc1ccc(OS(=O)(=O)c2ccc(Oc3ccc([N+](=O)[O-])cc3)cc2)c(-n2nc3ccccc3n2)c1. The molecule has 5 rings (SSSR count). The molecule has 0 amide bonds. The molecule has 0 spiro atoms. The van der Waals surface area contributed by atoms with Crippen LogP contribution in [0.5, 0.6) is 17.2 Å². The number of nitro groups is 1. The van der Waals surface area contributed by atoms with Crippen LogP contribution in [0.1, 0.15) is 5.56 Å². The van der Waals surface area contributed by atoms with Crippen molar-refractivity contribution in [1.82, 2.24) is 15.0 Å². The lowest BCUT2D eigenvalue weighted by atomic mass is 10.2. The summed E-state index contributed by atoms with van der Waals surface area (Å²) in [5.41, 5.74) is 2.53. The number of rotatable bonds is 7. The fraction of sp³-hybridized carbons (Fsp3) is 0.0400. The summed E-state index contributed by atoms with van der Waals surface area (Å²) in [4.78, 5) is 11.5. The quantitative estimate of drug-likeness (QED) is 0.169. The Balaban J connectivity index is 1.39. The van der Waals surface area contributed by atoms with Gasteiger partial charge in [-0.25, -0.2) is 0 Å². The second kappa shape index (κ2) is 9.12. The number of hydrogen-bond donors (Lipinski definition) is 0. The van der Waals surface area contributed by atoms with Gasteiger partial charge in [-0.05, 0) is 73.2 Å². The van der Waals surface area contributed by atoms with E-state index >= 15 is 0 Å². The first-order chi connectivity index (χ1) is 17.3. The van der Waals surface area contributed by atoms with Crippen LogP contribution in [0.3, 0.4) is 0 Å². The maximum Gasteiger partial charge on any atom is 0.339 e. The van der Waals surface area contributed by atoms with Gasteiger partial charge in [0.2, 0.25) is 0 Å². The van der Waals surface area contributed by atoms with Gasteiger partial charge in [0.25, 0.3) is 5.69 Å². The van der Waals surface area contributed by atoms with Gasteiger partial charge in [-0.15, -0.1) is 15.0 Å². The van der Waals surface area contributed by atoms with Gasteiger partial charge in [-0.1, -0.05) is 18.2 Å². The largest absolute Gasteiger partial charge is 0.457 e. The van der Waals surface area contributed by atoms with E-state index in [9.17, 15) is 18.5 Å². The van der Waals surface area contributed by atoms with Crippen molar-refractivity contribution in [2.45, 2.75) is 11.8 Å². The van der Waals surface area contributed by atoms with Gasteiger partial charge < -0.3 is 8.92 Å². The molecule has 0 bridgehead atoms. The van der Waals surface area contributed by atoms with Crippen molar-refractivity contribution in [2.75, 3.05) is 0 Å². The monoisotopic (exact) mass is 502 g/mol. The highest BCUT2D eigenvalue weighted by atomic mass is 32.2. The zero-order chi connectivity index (χ0) is 25.3. The van der Waals surface area contributed by atoms with Gasteiger partial charge in [-0.3, -0.25) is 10.1 Å². The first-order valence-electron chi connectivity index (χ1n) is 10.7. The molecule has 0 atom stereocenters. The molecule has 0 aliphatic rings. The van der Waals surface area contributed by atoms with E-state index in [1.165, 1.54) is 53.3 Å². The standard InChI is InChI=1S/C25H18N4O6S/c1-17-6-15-25(24(16-17)28-26-22-4-2-3-5-23(22)27-28)35-36(32,33)21-13-11-20(12-14-21)34-19-9-7-18(8-10-19)29(30)31/h2-16H,1H3. The minimum absolute atomic E-state index is 0.0603. The molecule has 0 radical (unpaired) electrons. The molecule has 4 aromatic carbocycles. The Labute approximate surface area is 205 Å². The summed E-state index contributed by atoms with van der Waals surface area (Å²) in [7, 11) is -4.19. The molecular formula is C25H18N4O6S. The van der Waals surface area contributed by atoms with Crippen LogP contribution in [-0.4, -0.2) is 28.3 Å². The number of hydrogen-bond acceptors (Lipinski definition) is 8. The van der Waals surface area contributed by atoms with Crippen LogP contribution in [0.25, 0.3) is 16.7 Å². The number of nitrogens with zero attached hydrogens (tertiary/aromatic N) is 4. The summed E-state index contributed by atoms with van der Waals surface area (Å²) in [5, 5.41) is 19.6. The van der Waals surface area contributed by atoms with Gasteiger partial charge in [0.05, 0.1) is 4.92 Å². The van der Waals surface area contributed by atoms with Crippen molar-refractivity contribution < 1.29 is 22.3 Å². The van der Waals surface area contributed by atoms with Gasteiger partial charge in [-0.2, -0.15) is 8.42 Å². The minimum Gasteiger partial charge on any atom is -0.457 e. The first-order valence-corrected chi connectivity index (χ1v) is 12.1. The second-order valence-corrected chi connectivity index (χ2v) is 9.36. The topological polar surface area (TPSA) is 126 Å². The lowest BCUT2D eigenvalue weighted by molar-refractivity contribution is -0.384. The summed E-state index contributed by atoms with van der Waals surface area (Å²) in [6.45, 7) is 1.87. The van der Waals surface area contributed by atoms with Crippen LogP contribution in [0.15, 0.2) is 95.9 Å².